The van der Waals surface area contributed by atoms with Crippen LogP contribution in [0.4, 0.5) is 10.6 Å². The molecule has 2 amide bonds. The number of aromatic amines is 1. The Bertz CT molecular complexity index is 1520. The molecule has 0 radical (unpaired) electrons. The van der Waals surface area contributed by atoms with Crippen LogP contribution in [0.3, 0.4) is 0 Å². The molecule has 0 bridgehead atoms. The van der Waals surface area contributed by atoms with E-state index in [0.29, 0.717) is 10.9 Å². The maximum absolute atomic E-state index is 12.7. The van der Waals surface area contributed by atoms with Crippen LogP contribution in [-0.2, 0) is 10.0 Å². The number of para-hydroxylation sites is 1. The number of hydrogen-bond acceptors (Lipinski definition) is 7. The van der Waals surface area contributed by atoms with Crippen LogP contribution in [0.1, 0.15) is 0 Å². The second-order valence-electron chi connectivity index (χ2n) is 6.14. The van der Waals surface area contributed by atoms with Crippen molar-refractivity contribution in [2.24, 2.45) is 0 Å². The van der Waals surface area contributed by atoms with Gasteiger partial charge in [0.25, 0.3) is 15.6 Å². The number of urea groups is 1. The van der Waals surface area contributed by atoms with Crippen LogP contribution >= 0.6 is 22.9 Å². The number of thiophene rings is 1. The number of sulfonamides is 1. The summed E-state index contributed by atoms with van der Waals surface area (Å²) in [4.78, 5) is 43.6. The molecule has 3 N–H and O–H groups in total. The summed E-state index contributed by atoms with van der Waals surface area (Å²) in [6, 6.07) is 10.9. The van der Waals surface area contributed by atoms with Crippen molar-refractivity contribution in [1.29, 1.82) is 0 Å². The first-order valence-corrected chi connectivity index (χ1v) is 11.2. The largest absolute Gasteiger partial charge is 0.334 e. The number of hydrogen-bond donors (Lipinski definition) is 3. The van der Waals surface area contributed by atoms with E-state index in [0.717, 1.165) is 15.9 Å². The molecule has 0 aliphatic carbocycles. The Morgan fingerprint density at radius 3 is 2.55 bits per heavy atom. The van der Waals surface area contributed by atoms with E-state index >= 15 is 0 Å². The van der Waals surface area contributed by atoms with Gasteiger partial charge in [0, 0.05) is 0 Å². The number of carbonyl (C=O) groups is 1. The fraction of sp³-hybridized carbons (Fsp3) is 0. The van der Waals surface area contributed by atoms with Crippen LogP contribution in [0.25, 0.3) is 16.6 Å². The number of benzene rings is 1. The molecule has 0 unspecified atom stereocenters. The predicted molar refractivity (Wildman–Crippen MR) is 117 cm³/mol. The molecule has 31 heavy (non-hydrogen) atoms. The molecule has 10 nitrogen and oxygen atoms in total. The molecule has 3 heterocycles. The zero-order valence-electron chi connectivity index (χ0n) is 15.3. The molecule has 13 heteroatoms. The van der Waals surface area contributed by atoms with Gasteiger partial charge in [0.05, 0.1) is 27.1 Å². The number of rotatable bonds is 4. The minimum Gasteiger partial charge on any atom is -0.306 e. The zero-order valence-corrected chi connectivity index (χ0v) is 17.7. The number of pyridine rings is 1. The van der Waals surface area contributed by atoms with Gasteiger partial charge in [-0.2, -0.15) is 0 Å². The first-order chi connectivity index (χ1) is 14.7. The molecular weight excluding hydrogens is 466 g/mol. The van der Waals surface area contributed by atoms with Crippen LogP contribution in [-0.4, -0.2) is 29.0 Å². The molecule has 0 aliphatic rings. The Kier molecular flexibility index (Phi) is 5.35. The van der Waals surface area contributed by atoms with E-state index in [9.17, 15) is 22.8 Å². The lowest BCUT2D eigenvalue weighted by Crippen LogP contribution is -2.34. The smallest absolute Gasteiger partial charge is 0.306 e. The summed E-state index contributed by atoms with van der Waals surface area (Å²) in [5, 5.41) is 2.59. The lowest BCUT2D eigenvalue weighted by atomic mass is 10.2. The maximum Gasteiger partial charge on any atom is 0.334 e. The topological polar surface area (TPSA) is 143 Å². The van der Waals surface area contributed by atoms with Crippen LogP contribution in [0.2, 0.25) is 4.34 Å². The fourth-order valence-corrected chi connectivity index (χ4v) is 5.14. The summed E-state index contributed by atoms with van der Waals surface area (Å²) < 4.78 is 27.2. The van der Waals surface area contributed by atoms with Gasteiger partial charge < -0.3 is 4.98 Å². The van der Waals surface area contributed by atoms with Gasteiger partial charge in [-0.05, 0) is 36.4 Å². The number of carbonyl (C=O) groups excluding carboxylic acids is 1. The van der Waals surface area contributed by atoms with Crippen LogP contribution in [0.15, 0.2) is 68.5 Å². The number of nitrogens with one attached hydrogen (secondary N) is 3. The highest BCUT2D eigenvalue weighted by Gasteiger charge is 2.20. The summed E-state index contributed by atoms with van der Waals surface area (Å²) >= 11 is 6.52. The number of anilines is 1. The normalized spacial score (nSPS) is 11.4. The van der Waals surface area contributed by atoms with E-state index in [1.54, 1.807) is 24.3 Å². The number of halogens is 1. The van der Waals surface area contributed by atoms with Gasteiger partial charge in [-0.15, -0.1) is 11.3 Å². The van der Waals surface area contributed by atoms with Crippen molar-refractivity contribution >= 4 is 55.7 Å². The van der Waals surface area contributed by atoms with Gasteiger partial charge in [0.15, 0.2) is 0 Å². The van der Waals surface area contributed by atoms with E-state index < -0.39 is 27.3 Å². The Morgan fingerprint density at radius 1 is 1.10 bits per heavy atom. The quantitative estimate of drug-likeness (QED) is 0.411. The second kappa shape index (κ2) is 7.98. The molecule has 0 saturated heterocycles. The average molecular weight is 478 g/mol. The van der Waals surface area contributed by atoms with Gasteiger partial charge in [0.1, 0.15) is 10.0 Å². The van der Waals surface area contributed by atoms with Crippen molar-refractivity contribution in [2.75, 3.05) is 5.32 Å². The number of nitrogens with zero attached hydrogens (tertiary/aromatic N) is 2. The third-order valence-corrected chi connectivity index (χ3v) is 7.15. The maximum atomic E-state index is 12.7. The minimum atomic E-state index is -4.09. The molecule has 1 aromatic carbocycles. The van der Waals surface area contributed by atoms with Gasteiger partial charge >= 0.3 is 11.7 Å². The summed E-state index contributed by atoms with van der Waals surface area (Å²) in [5.41, 5.74) is -0.598. The fourth-order valence-electron chi connectivity index (χ4n) is 2.75. The molecular formula is C18H12ClN5O5S2. The molecule has 0 fully saturated rings. The van der Waals surface area contributed by atoms with E-state index in [-0.39, 0.29) is 20.1 Å². The second-order valence-corrected chi connectivity index (χ2v) is 9.76. The van der Waals surface area contributed by atoms with Crippen molar-refractivity contribution < 1.29 is 13.2 Å². The molecule has 0 saturated carbocycles. The first kappa shape index (κ1) is 20.8. The van der Waals surface area contributed by atoms with Crippen molar-refractivity contribution in [3.8, 4) is 5.69 Å². The third-order valence-electron chi connectivity index (χ3n) is 4.09. The Hall–Kier alpha value is -3.48. The molecule has 158 valence electrons. The molecule has 0 aliphatic heterocycles. The molecule has 0 atom stereocenters. The average Bonchev–Trinajstić information content (AvgIpc) is 3.16. The Balaban J connectivity index is 1.55. The van der Waals surface area contributed by atoms with E-state index in [4.69, 9.17) is 11.6 Å². The number of H-pyrrole nitrogens is 1. The monoisotopic (exact) mass is 477 g/mol. The summed E-state index contributed by atoms with van der Waals surface area (Å²) in [7, 11) is -4.09. The standard InChI is InChI=1S/C18H12ClN5O5S2/c19-13-6-8-15(30-13)31(28,29)23-17(26)22-14-7-5-10(9-20-14)24-16(25)11-3-1-2-4-12(11)21-18(24)27/h1-9H,(H,21,27)(H2,20,22,23,26). The highest BCUT2D eigenvalue weighted by Crippen LogP contribution is 2.25. The van der Waals surface area contributed by atoms with Crippen molar-refractivity contribution in [3.63, 3.8) is 0 Å². The highest BCUT2D eigenvalue weighted by atomic mass is 35.5. The van der Waals surface area contributed by atoms with Crippen molar-refractivity contribution in [2.45, 2.75) is 4.21 Å². The van der Waals surface area contributed by atoms with Gasteiger partial charge in [0.2, 0.25) is 0 Å². The molecule has 4 rings (SSSR count). The van der Waals surface area contributed by atoms with Gasteiger partial charge in [-0.3, -0.25) is 10.1 Å². The third kappa shape index (κ3) is 4.21. The highest BCUT2D eigenvalue weighted by molar-refractivity contribution is 7.92. The first-order valence-electron chi connectivity index (χ1n) is 8.54. The number of fused-ring (bicyclic) bond motifs is 1. The Morgan fingerprint density at radius 2 is 1.87 bits per heavy atom. The summed E-state index contributed by atoms with van der Waals surface area (Å²) in [6.07, 6.45) is 1.20. The molecule has 4 aromatic rings. The van der Waals surface area contributed by atoms with Crippen LogP contribution < -0.4 is 21.3 Å². The van der Waals surface area contributed by atoms with Gasteiger partial charge in [-0.25, -0.2) is 32.3 Å². The minimum absolute atomic E-state index is 0.00549. The lowest BCUT2D eigenvalue weighted by Gasteiger charge is -2.09. The Labute approximate surface area is 183 Å². The van der Waals surface area contributed by atoms with E-state index in [2.05, 4.69) is 15.3 Å². The van der Waals surface area contributed by atoms with Gasteiger partial charge in [-0.1, -0.05) is 23.7 Å². The summed E-state index contributed by atoms with van der Waals surface area (Å²) in [6.45, 7) is 0. The van der Waals surface area contributed by atoms with Crippen LogP contribution in [0.5, 0.6) is 0 Å². The van der Waals surface area contributed by atoms with E-state index in [1.807, 2.05) is 4.72 Å². The van der Waals surface area contributed by atoms with Crippen LogP contribution in [0, 0.1) is 0 Å². The number of amides is 2. The predicted octanol–water partition coefficient (Wildman–Crippen LogP) is 2.30. The SMILES string of the molecule is O=C(Nc1ccc(-n2c(=O)[nH]c3ccccc3c2=O)cn1)NS(=O)(=O)c1ccc(Cl)s1. The number of aromatic nitrogens is 3. The zero-order chi connectivity index (χ0) is 22.2. The summed E-state index contributed by atoms with van der Waals surface area (Å²) in [5.74, 6) is 0.00549. The van der Waals surface area contributed by atoms with Crippen molar-refractivity contribution in [1.82, 2.24) is 19.3 Å². The lowest BCUT2D eigenvalue weighted by molar-refractivity contribution is 0.256. The van der Waals surface area contributed by atoms with E-state index in [1.165, 1.54) is 30.5 Å². The molecule has 0 spiro atoms. The molecule has 3 aromatic heterocycles. The van der Waals surface area contributed by atoms with Crippen molar-refractivity contribution in [3.05, 3.63) is 79.9 Å².